The maximum Gasteiger partial charge on any atom is 0.283 e. The molecule has 0 fully saturated rings. The Labute approximate surface area is 168 Å². The summed E-state index contributed by atoms with van der Waals surface area (Å²) in [6.45, 7) is 2.52. The molecule has 6 nitrogen and oxygen atoms in total. The van der Waals surface area contributed by atoms with Gasteiger partial charge in [-0.1, -0.05) is 12.1 Å². The van der Waals surface area contributed by atoms with Gasteiger partial charge in [0.1, 0.15) is 11.6 Å². The molecule has 7 heteroatoms. The minimum absolute atomic E-state index is 0.141. The van der Waals surface area contributed by atoms with Crippen LogP contribution in [-0.4, -0.2) is 37.6 Å². The number of hydrogen-bond acceptors (Lipinski definition) is 5. The fourth-order valence-corrected chi connectivity index (χ4v) is 4.13. The summed E-state index contributed by atoms with van der Waals surface area (Å²) >= 11 is 1.38. The largest absolute Gasteiger partial charge is 0.494 e. The van der Waals surface area contributed by atoms with Gasteiger partial charge in [-0.2, -0.15) is 4.99 Å². The average Bonchev–Trinajstić information content (AvgIpc) is 3.03. The minimum Gasteiger partial charge on any atom is -0.494 e. The van der Waals surface area contributed by atoms with E-state index in [-0.39, 0.29) is 11.4 Å². The van der Waals surface area contributed by atoms with Gasteiger partial charge in [0, 0.05) is 24.7 Å². The van der Waals surface area contributed by atoms with E-state index in [1.807, 2.05) is 68.4 Å². The second kappa shape index (κ2) is 7.16. The number of benzene rings is 2. The number of amidine groups is 2. The van der Waals surface area contributed by atoms with Crippen LogP contribution in [0, 0.1) is 5.41 Å². The van der Waals surface area contributed by atoms with Crippen LogP contribution in [0.15, 0.2) is 57.9 Å². The summed E-state index contributed by atoms with van der Waals surface area (Å²) in [6, 6.07) is 13.5. The number of thioether (sulfide) groups is 1. The summed E-state index contributed by atoms with van der Waals surface area (Å²) in [5, 5.41) is 9.15. The molecule has 0 aromatic heterocycles. The molecule has 0 bridgehead atoms. The predicted molar refractivity (Wildman–Crippen MR) is 115 cm³/mol. The number of rotatable bonds is 4. The van der Waals surface area contributed by atoms with Crippen LogP contribution in [0.2, 0.25) is 0 Å². The fourth-order valence-electron chi connectivity index (χ4n) is 3.09. The lowest BCUT2D eigenvalue weighted by Gasteiger charge is -2.24. The Morgan fingerprint density at radius 3 is 2.64 bits per heavy atom. The normalized spacial score (nSPS) is 16.8. The molecular weight excluding hydrogens is 372 g/mol. The number of nitrogens with zero attached hydrogens (tertiary/aromatic N) is 3. The molecule has 142 valence electrons. The van der Waals surface area contributed by atoms with Gasteiger partial charge in [-0.3, -0.25) is 15.1 Å². The molecule has 2 aliphatic heterocycles. The smallest absolute Gasteiger partial charge is 0.283 e. The van der Waals surface area contributed by atoms with Gasteiger partial charge in [-0.25, -0.2) is 0 Å². The van der Waals surface area contributed by atoms with Crippen molar-refractivity contribution >= 4 is 46.1 Å². The first-order valence-corrected chi connectivity index (χ1v) is 9.75. The first-order valence-electron chi connectivity index (χ1n) is 8.94. The van der Waals surface area contributed by atoms with Gasteiger partial charge in [0.15, 0.2) is 5.17 Å². The molecule has 0 saturated carbocycles. The van der Waals surface area contributed by atoms with Gasteiger partial charge >= 0.3 is 0 Å². The lowest BCUT2D eigenvalue weighted by atomic mass is 10.1. The summed E-state index contributed by atoms with van der Waals surface area (Å²) in [7, 11) is 3.95. The summed E-state index contributed by atoms with van der Waals surface area (Å²) in [5.41, 5.74) is 3.06. The zero-order valence-electron chi connectivity index (χ0n) is 15.9. The molecule has 0 aliphatic carbocycles. The Balaban J connectivity index is 1.68. The molecule has 1 amide bonds. The number of carbonyl (C=O) groups is 1. The molecule has 2 heterocycles. The van der Waals surface area contributed by atoms with Crippen LogP contribution < -0.4 is 14.5 Å². The zero-order valence-corrected chi connectivity index (χ0v) is 16.7. The molecule has 2 aromatic rings. The van der Waals surface area contributed by atoms with E-state index in [9.17, 15) is 4.79 Å². The van der Waals surface area contributed by atoms with E-state index in [0.717, 1.165) is 27.6 Å². The van der Waals surface area contributed by atoms with E-state index < -0.39 is 5.91 Å². The van der Waals surface area contributed by atoms with Gasteiger partial charge in [-0.15, -0.1) is 0 Å². The second-order valence-electron chi connectivity index (χ2n) is 6.59. The predicted octanol–water partition coefficient (Wildman–Crippen LogP) is 4.02. The molecule has 0 unspecified atom stereocenters. The van der Waals surface area contributed by atoms with Gasteiger partial charge < -0.3 is 9.64 Å². The van der Waals surface area contributed by atoms with Crippen LogP contribution in [0.1, 0.15) is 12.5 Å². The minimum atomic E-state index is -0.390. The third-order valence-corrected chi connectivity index (χ3v) is 5.51. The van der Waals surface area contributed by atoms with Crippen molar-refractivity contribution in [3.63, 3.8) is 0 Å². The summed E-state index contributed by atoms with van der Waals surface area (Å²) < 4.78 is 5.55. The Morgan fingerprint density at radius 2 is 1.96 bits per heavy atom. The Bertz CT molecular complexity index is 1030. The van der Waals surface area contributed by atoms with E-state index in [4.69, 9.17) is 10.1 Å². The van der Waals surface area contributed by atoms with E-state index in [2.05, 4.69) is 4.99 Å². The number of hydrogen-bond donors (Lipinski definition) is 1. The number of ether oxygens (including phenoxy) is 1. The van der Waals surface area contributed by atoms with Crippen LogP contribution in [0.3, 0.4) is 0 Å². The van der Waals surface area contributed by atoms with E-state index in [0.29, 0.717) is 11.8 Å². The van der Waals surface area contributed by atoms with Crippen LogP contribution in [0.25, 0.3) is 6.08 Å². The highest BCUT2D eigenvalue weighted by Crippen LogP contribution is 2.44. The van der Waals surface area contributed by atoms with Crippen molar-refractivity contribution in [2.75, 3.05) is 30.5 Å². The van der Waals surface area contributed by atoms with Crippen molar-refractivity contribution in [2.45, 2.75) is 11.8 Å². The molecule has 1 N–H and O–H groups in total. The van der Waals surface area contributed by atoms with Crippen molar-refractivity contribution in [3.05, 3.63) is 53.6 Å². The lowest BCUT2D eigenvalue weighted by molar-refractivity contribution is -0.113. The highest BCUT2D eigenvalue weighted by atomic mass is 32.2. The first kappa shape index (κ1) is 18.3. The molecule has 4 rings (SSSR count). The average molecular weight is 392 g/mol. The fraction of sp³-hybridized carbons (Fsp3) is 0.190. The molecular formula is C21H20N4O2S. The quantitative estimate of drug-likeness (QED) is 0.796. The number of fused-ring (bicyclic) bond motifs is 3. The van der Waals surface area contributed by atoms with Crippen molar-refractivity contribution in [1.29, 1.82) is 5.41 Å². The topological polar surface area (TPSA) is 69.0 Å². The van der Waals surface area contributed by atoms with Crippen LogP contribution in [0.5, 0.6) is 5.75 Å². The maximum atomic E-state index is 12.6. The Morgan fingerprint density at radius 1 is 1.21 bits per heavy atom. The summed E-state index contributed by atoms with van der Waals surface area (Å²) in [5.74, 6) is 0.518. The van der Waals surface area contributed by atoms with E-state index in [1.165, 1.54) is 11.8 Å². The van der Waals surface area contributed by atoms with Gasteiger partial charge in [0.25, 0.3) is 5.91 Å². The van der Waals surface area contributed by atoms with Crippen molar-refractivity contribution in [3.8, 4) is 5.75 Å². The molecule has 28 heavy (non-hydrogen) atoms. The molecule has 0 saturated heterocycles. The molecule has 0 atom stereocenters. The number of carbonyl (C=O) groups excluding carboxylic acids is 1. The molecule has 2 aromatic carbocycles. The standard InChI is InChI=1S/C21H20N4O2S/c1-4-27-15-9-10-17-18(12-15)28-21-23-20(26)16(19(22)25(17)21)11-13-5-7-14(8-6-13)24(2)3/h5-12,22H,4H2,1-3H3/b16-11+,22-19?. The van der Waals surface area contributed by atoms with Crippen LogP contribution in [-0.2, 0) is 4.79 Å². The Hall–Kier alpha value is -3.06. The second-order valence-corrected chi connectivity index (χ2v) is 7.60. The third-order valence-electron chi connectivity index (χ3n) is 4.50. The van der Waals surface area contributed by atoms with Gasteiger partial charge in [0.05, 0.1) is 17.9 Å². The molecule has 2 aliphatic rings. The number of amides is 1. The SMILES string of the molecule is CCOc1ccc2c(c1)SC1=NC(=O)/C(=C/c3ccc(N(C)C)cc3)C(=N)N12. The summed E-state index contributed by atoms with van der Waals surface area (Å²) in [4.78, 5) is 21.5. The molecule has 0 radical (unpaired) electrons. The summed E-state index contributed by atoms with van der Waals surface area (Å²) in [6.07, 6.45) is 1.72. The van der Waals surface area contributed by atoms with Crippen molar-refractivity contribution < 1.29 is 9.53 Å². The Kier molecular flexibility index (Phi) is 4.68. The third kappa shape index (κ3) is 3.18. The van der Waals surface area contributed by atoms with Crippen LogP contribution in [0.4, 0.5) is 11.4 Å². The van der Waals surface area contributed by atoms with Crippen LogP contribution >= 0.6 is 11.8 Å². The monoisotopic (exact) mass is 392 g/mol. The molecule has 0 spiro atoms. The van der Waals surface area contributed by atoms with Crippen molar-refractivity contribution in [2.24, 2.45) is 4.99 Å². The maximum absolute atomic E-state index is 12.6. The number of aliphatic imine (C=N–C) groups is 1. The first-order chi connectivity index (χ1) is 13.5. The van der Waals surface area contributed by atoms with Gasteiger partial charge in [-0.05, 0) is 60.7 Å². The number of nitrogens with one attached hydrogen (secondary N) is 1. The highest BCUT2D eigenvalue weighted by molar-refractivity contribution is 8.15. The number of anilines is 2. The van der Waals surface area contributed by atoms with Crippen molar-refractivity contribution in [1.82, 2.24) is 0 Å². The van der Waals surface area contributed by atoms with E-state index >= 15 is 0 Å². The van der Waals surface area contributed by atoms with E-state index in [1.54, 1.807) is 11.0 Å². The lowest BCUT2D eigenvalue weighted by Crippen LogP contribution is -2.39. The zero-order chi connectivity index (χ0) is 19.8. The van der Waals surface area contributed by atoms with Gasteiger partial charge in [0.2, 0.25) is 0 Å². The highest BCUT2D eigenvalue weighted by Gasteiger charge is 2.37.